The normalized spacial score (nSPS) is 25.5. The van der Waals surface area contributed by atoms with E-state index in [0.717, 1.165) is 10.5 Å². The molecule has 1 fully saturated rings. The molecule has 214 valence electrons. The van der Waals surface area contributed by atoms with Gasteiger partial charge in [0.2, 0.25) is 17.7 Å². The molecule has 8 rings (SSSR count). The van der Waals surface area contributed by atoms with Crippen LogP contribution >= 0.6 is 23.2 Å². The van der Waals surface area contributed by atoms with E-state index in [1.54, 1.807) is 6.07 Å². The first kappa shape index (κ1) is 27.4. The number of halogens is 2. The highest BCUT2D eigenvalue weighted by molar-refractivity contribution is 6.36. The van der Waals surface area contributed by atoms with Gasteiger partial charge in [-0.1, -0.05) is 84.9 Å². The van der Waals surface area contributed by atoms with Gasteiger partial charge in [-0.2, -0.15) is 0 Å². The van der Waals surface area contributed by atoms with Crippen LogP contribution in [0, 0.1) is 11.8 Å². The second kappa shape index (κ2) is 9.79. The third kappa shape index (κ3) is 3.81. The summed E-state index contributed by atoms with van der Waals surface area (Å²) in [7, 11) is 0. The molecule has 2 bridgehead atoms. The van der Waals surface area contributed by atoms with Crippen LogP contribution in [0.3, 0.4) is 0 Å². The van der Waals surface area contributed by atoms with Gasteiger partial charge in [0.25, 0.3) is 0 Å². The Morgan fingerprint density at radius 2 is 1.23 bits per heavy atom. The number of carbonyl (C=O) groups is 4. The number of rotatable bonds is 6. The lowest BCUT2D eigenvalue weighted by atomic mass is 9.54. The first-order valence-corrected chi connectivity index (χ1v) is 14.6. The van der Waals surface area contributed by atoms with Gasteiger partial charge in [0.1, 0.15) is 15.8 Å². The minimum atomic E-state index is -1.38. The van der Waals surface area contributed by atoms with Crippen molar-refractivity contribution in [3.8, 4) is 0 Å². The predicted octanol–water partition coefficient (Wildman–Crippen LogP) is 5.53. The molecule has 0 radical (unpaired) electrons. The topological polar surface area (TPSA) is 104 Å². The van der Waals surface area contributed by atoms with Gasteiger partial charge < -0.3 is 10.4 Å². The standard InChI is InChI=1S/C34H24Cl2N2O5/c35-33-22-13-4-5-14-23(22)34(36,25-16-7-6-15-24(25)33)28-27(33)30(40)38(31(28)41)26(17-19-9-2-1-3-10-19)29(39)37-21-12-8-11-20(18-21)32(42)43/h1-16,18,26-28H,17H2,(H,37,39)(H,42,43)/t26-,27+,28+,33?,34?/m0/s1. The van der Waals surface area contributed by atoms with E-state index in [0.29, 0.717) is 22.3 Å². The molecular formula is C34H24Cl2N2O5. The second-order valence-electron chi connectivity index (χ2n) is 11.1. The summed E-state index contributed by atoms with van der Waals surface area (Å²) in [5.74, 6) is -5.04. The third-order valence-corrected chi connectivity index (χ3v) is 10.2. The SMILES string of the molecule is O=C(O)c1cccc(NC(=O)[C@H](Cc2ccccc2)N2C(=O)[C@H]3[C@H](C2=O)C2(Cl)c4ccccc4C3(Cl)c3ccccc32)c1. The fourth-order valence-corrected chi connectivity index (χ4v) is 8.19. The monoisotopic (exact) mass is 610 g/mol. The summed E-state index contributed by atoms with van der Waals surface area (Å²) in [5.41, 5.74) is 3.62. The van der Waals surface area contributed by atoms with Crippen molar-refractivity contribution in [2.75, 3.05) is 5.32 Å². The van der Waals surface area contributed by atoms with E-state index in [9.17, 15) is 24.3 Å². The molecule has 1 saturated heterocycles. The number of carbonyl (C=O) groups excluding carboxylic acids is 3. The summed E-state index contributed by atoms with van der Waals surface area (Å²) in [4.78, 5) is 52.9. The maximum atomic E-state index is 14.5. The smallest absolute Gasteiger partial charge is 0.335 e. The second-order valence-corrected chi connectivity index (χ2v) is 12.3. The van der Waals surface area contributed by atoms with Crippen LogP contribution in [0.5, 0.6) is 0 Å². The average molecular weight is 611 g/mol. The predicted molar refractivity (Wildman–Crippen MR) is 161 cm³/mol. The van der Waals surface area contributed by atoms with Gasteiger partial charge in [0.05, 0.1) is 17.4 Å². The molecule has 0 saturated carbocycles. The minimum absolute atomic E-state index is 0.0166. The number of alkyl halides is 2. The molecule has 1 aliphatic heterocycles. The van der Waals surface area contributed by atoms with Gasteiger partial charge in [0.15, 0.2) is 0 Å². The maximum absolute atomic E-state index is 14.5. The van der Waals surface area contributed by atoms with Crippen molar-refractivity contribution in [2.45, 2.75) is 22.2 Å². The van der Waals surface area contributed by atoms with E-state index in [2.05, 4.69) is 5.32 Å². The highest BCUT2D eigenvalue weighted by atomic mass is 35.5. The molecule has 3 amide bonds. The van der Waals surface area contributed by atoms with Crippen molar-refractivity contribution in [3.63, 3.8) is 0 Å². The molecule has 0 spiro atoms. The van der Waals surface area contributed by atoms with Crippen LogP contribution in [0.15, 0.2) is 103 Å². The summed E-state index contributed by atoms with van der Waals surface area (Å²) >= 11 is 15.1. The number of imide groups is 1. The number of benzene rings is 4. The van der Waals surface area contributed by atoms with Crippen LogP contribution in [-0.4, -0.2) is 39.7 Å². The highest BCUT2D eigenvalue weighted by Crippen LogP contribution is 2.69. The molecule has 9 heteroatoms. The highest BCUT2D eigenvalue weighted by Gasteiger charge is 2.73. The molecule has 0 aromatic heterocycles. The van der Waals surface area contributed by atoms with E-state index < -0.39 is 51.3 Å². The molecule has 1 heterocycles. The molecule has 0 unspecified atom stereocenters. The van der Waals surface area contributed by atoms with Crippen LogP contribution < -0.4 is 5.32 Å². The van der Waals surface area contributed by atoms with Crippen molar-refractivity contribution >= 4 is 52.6 Å². The van der Waals surface area contributed by atoms with Crippen LogP contribution in [0.2, 0.25) is 0 Å². The van der Waals surface area contributed by atoms with E-state index in [1.807, 2.05) is 78.9 Å². The Hall–Kier alpha value is -4.46. The van der Waals surface area contributed by atoms with Crippen molar-refractivity contribution in [1.29, 1.82) is 0 Å². The number of hydrogen-bond acceptors (Lipinski definition) is 4. The Morgan fingerprint density at radius 3 is 1.72 bits per heavy atom. The Kier molecular flexibility index (Phi) is 6.24. The zero-order valence-corrected chi connectivity index (χ0v) is 24.0. The van der Waals surface area contributed by atoms with Gasteiger partial charge in [-0.05, 0) is 46.0 Å². The molecule has 7 nitrogen and oxygen atoms in total. The number of nitrogens with zero attached hydrogens (tertiary/aromatic N) is 1. The van der Waals surface area contributed by atoms with Gasteiger partial charge in [-0.3, -0.25) is 19.3 Å². The molecule has 4 aliphatic rings. The molecule has 43 heavy (non-hydrogen) atoms. The van der Waals surface area contributed by atoms with Crippen molar-refractivity contribution < 1.29 is 24.3 Å². The largest absolute Gasteiger partial charge is 0.478 e. The number of anilines is 1. The molecule has 2 N–H and O–H groups in total. The summed E-state index contributed by atoms with van der Waals surface area (Å²) in [6, 6.07) is 28.3. The van der Waals surface area contributed by atoms with Crippen LogP contribution in [-0.2, 0) is 30.6 Å². The minimum Gasteiger partial charge on any atom is -0.478 e. The van der Waals surface area contributed by atoms with Crippen molar-refractivity contribution in [2.24, 2.45) is 11.8 Å². The van der Waals surface area contributed by atoms with Gasteiger partial charge in [0, 0.05) is 12.1 Å². The van der Waals surface area contributed by atoms with E-state index in [1.165, 1.54) is 18.2 Å². The van der Waals surface area contributed by atoms with Crippen LogP contribution in [0.25, 0.3) is 0 Å². The summed E-state index contributed by atoms with van der Waals surface area (Å²) in [6.07, 6.45) is 0.0344. The fourth-order valence-electron chi connectivity index (χ4n) is 7.09. The van der Waals surface area contributed by atoms with Crippen molar-refractivity contribution in [3.05, 3.63) is 137 Å². The zero-order valence-electron chi connectivity index (χ0n) is 22.5. The lowest BCUT2D eigenvalue weighted by Crippen LogP contribution is -2.57. The molecule has 4 aromatic carbocycles. The fraction of sp³-hybridized carbons (Fsp3) is 0.176. The molecular weight excluding hydrogens is 587 g/mol. The summed E-state index contributed by atoms with van der Waals surface area (Å²) in [5, 5.41) is 12.2. The van der Waals surface area contributed by atoms with E-state index >= 15 is 0 Å². The zero-order chi connectivity index (χ0) is 30.1. The number of likely N-dealkylation sites (tertiary alicyclic amines) is 1. The quantitative estimate of drug-likeness (QED) is 0.221. The summed E-state index contributed by atoms with van der Waals surface area (Å²) in [6.45, 7) is 0. The number of carboxylic acid groups (broad SMARTS) is 1. The Morgan fingerprint density at radius 1 is 0.744 bits per heavy atom. The average Bonchev–Trinajstić information content (AvgIpc) is 3.29. The number of hydrogen-bond donors (Lipinski definition) is 2. The lowest BCUT2D eigenvalue weighted by molar-refractivity contribution is -0.146. The molecule has 4 aromatic rings. The first-order chi connectivity index (χ1) is 20.7. The van der Waals surface area contributed by atoms with E-state index in [-0.39, 0.29) is 17.7 Å². The maximum Gasteiger partial charge on any atom is 0.335 e. The number of amides is 3. The van der Waals surface area contributed by atoms with Gasteiger partial charge >= 0.3 is 5.97 Å². The number of aromatic carboxylic acids is 1. The Balaban J connectivity index is 1.35. The molecule has 3 aliphatic carbocycles. The number of carboxylic acids is 1. The third-order valence-electron chi connectivity index (χ3n) is 8.88. The van der Waals surface area contributed by atoms with Crippen LogP contribution in [0.1, 0.15) is 38.2 Å². The van der Waals surface area contributed by atoms with E-state index in [4.69, 9.17) is 23.2 Å². The van der Waals surface area contributed by atoms with Gasteiger partial charge in [-0.15, -0.1) is 23.2 Å². The van der Waals surface area contributed by atoms with Crippen molar-refractivity contribution in [1.82, 2.24) is 4.90 Å². The van der Waals surface area contributed by atoms with Gasteiger partial charge in [-0.25, -0.2) is 4.79 Å². The summed E-state index contributed by atoms with van der Waals surface area (Å²) < 4.78 is 0. The molecule has 3 atom stereocenters. The first-order valence-electron chi connectivity index (χ1n) is 13.8. The van der Waals surface area contributed by atoms with Crippen LogP contribution in [0.4, 0.5) is 5.69 Å². The Bertz CT molecular complexity index is 1720. The Labute approximate surface area is 257 Å². The number of nitrogens with one attached hydrogen (secondary N) is 1. The lowest BCUT2D eigenvalue weighted by Gasteiger charge is -2.54.